The normalized spacial score (nSPS) is 14.3. The van der Waals surface area contributed by atoms with Crippen molar-refractivity contribution >= 4 is 51.9 Å². The monoisotopic (exact) mass is 559 g/mol. The minimum Gasteiger partial charge on any atom is -0.490 e. The van der Waals surface area contributed by atoms with Gasteiger partial charge >= 0.3 is 5.97 Å². The molecule has 0 aromatic heterocycles. The van der Waals surface area contributed by atoms with Crippen LogP contribution in [0.15, 0.2) is 77.5 Å². The maximum Gasteiger partial charge on any atom is 0.368 e. The molecule has 3 aromatic carbocycles. The van der Waals surface area contributed by atoms with Crippen LogP contribution >= 0.6 is 34.2 Å². The fourth-order valence-corrected chi connectivity index (χ4v) is 4.19. The lowest BCUT2D eigenvalue weighted by Crippen LogP contribution is -2.07. The molecule has 0 spiro atoms. The molecule has 0 radical (unpaired) electrons. The average Bonchev–Trinajstić information content (AvgIpc) is 3.15. The molecular weight excluding hydrogens is 541 g/mol. The van der Waals surface area contributed by atoms with E-state index in [9.17, 15) is 4.79 Å². The molecule has 0 saturated heterocycles. The van der Waals surface area contributed by atoms with Crippen LogP contribution in [0.25, 0.3) is 6.08 Å². The van der Waals surface area contributed by atoms with E-state index in [1.165, 1.54) is 0 Å². The molecule has 0 fully saturated rings. The molecule has 0 N–H and O–H groups in total. The Morgan fingerprint density at radius 3 is 2.56 bits per heavy atom. The highest BCUT2D eigenvalue weighted by Gasteiger charge is 2.27. The Hall–Kier alpha value is -2.84. The molecule has 0 saturated carbocycles. The number of hydrogen-bond donors (Lipinski definition) is 0. The summed E-state index contributed by atoms with van der Waals surface area (Å²) in [5, 5.41) is 4.61. The number of halogens is 2. The third-order valence-corrected chi connectivity index (χ3v) is 5.88. The van der Waals surface area contributed by atoms with Gasteiger partial charge in [-0.1, -0.05) is 65.3 Å². The van der Waals surface area contributed by atoms with Crippen LogP contribution in [-0.4, -0.2) is 18.3 Å². The predicted octanol–water partition coefficient (Wildman–Crippen LogP) is 6.27. The zero-order valence-corrected chi connectivity index (χ0v) is 20.1. The van der Waals surface area contributed by atoms with Gasteiger partial charge < -0.3 is 14.3 Å². The van der Waals surface area contributed by atoms with E-state index in [4.69, 9.17) is 25.9 Å². The first-order valence-electron chi connectivity index (χ1n) is 9.96. The van der Waals surface area contributed by atoms with Gasteiger partial charge in [0.1, 0.15) is 12.3 Å². The van der Waals surface area contributed by atoms with Gasteiger partial charge in [0.2, 0.25) is 0 Å². The van der Waals surface area contributed by atoms with E-state index in [1.807, 2.05) is 73.7 Å². The van der Waals surface area contributed by atoms with Crippen molar-refractivity contribution in [3.63, 3.8) is 0 Å². The molecule has 0 amide bonds. The second-order valence-corrected chi connectivity index (χ2v) is 8.46. The second kappa shape index (κ2) is 10.2. The molecule has 0 bridgehead atoms. The highest BCUT2D eigenvalue weighted by atomic mass is 127. The van der Waals surface area contributed by atoms with Gasteiger partial charge in [0.05, 0.1) is 15.8 Å². The summed E-state index contributed by atoms with van der Waals surface area (Å²) < 4.78 is 12.8. The number of benzene rings is 3. The Bertz CT molecular complexity index is 1210. The molecule has 0 atom stereocenters. The summed E-state index contributed by atoms with van der Waals surface area (Å²) in [6.07, 6.45) is 1.75. The highest BCUT2D eigenvalue weighted by molar-refractivity contribution is 14.1. The lowest BCUT2D eigenvalue weighted by molar-refractivity contribution is -0.136. The van der Waals surface area contributed by atoms with Crippen molar-refractivity contribution in [3.05, 3.63) is 97.6 Å². The fourth-order valence-electron chi connectivity index (χ4n) is 3.22. The first-order valence-corrected chi connectivity index (χ1v) is 11.4. The second-order valence-electron chi connectivity index (χ2n) is 6.89. The van der Waals surface area contributed by atoms with E-state index >= 15 is 0 Å². The number of nitrogens with zero attached hydrogens (tertiary/aromatic N) is 1. The lowest BCUT2D eigenvalue weighted by atomic mass is 10.0. The lowest BCUT2D eigenvalue weighted by Gasteiger charge is -2.15. The maximum atomic E-state index is 12.3. The molecule has 4 rings (SSSR count). The van der Waals surface area contributed by atoms with E-state index in [0.29, 0.717) is 41.0 Å². The number of ether oxygens (including phenoxy) is 2. The van der Waals surface area contributed by atoms with E-state index in [-0.39, 0.29) is 0 Å². The van der Waals surface area contributed by atoms with Crippen molar-refractivity contribution in [3.8, 4) is 11.5 Å². The molecule has 0 unspecified atom stereocenters. The van der Waals surface area contributed by atoms with Crippen molar-refractivity contribution < 1.29 is 19.1 Å². The Morgan fingerprint density at radius 1 is 1.06 bits per heavy atom. The molecule has 7 heteroatoms. The standard InChI is InChI=1S/C25H19ClINO4/c1-2-30-22-14-16(12-19-23(28-32-25(19)29)17-8-4-3-5-9-17)13-21(27)24(22)31-15-18-10-6-7-11-20(18)26/h3-14H,2,15H2,1H3/b19-12-. The predicted molar refractivity (Wildman–Crippen MR) is 133 cm³/mol. The Balaban J connectivity index is 1.66. The summed E-state index contributed by atoms with van der Waals surface area (Å²) in [5.41, 5.74) is 3.36. The molecule has 3 aromatic rings. The smallest absolute Gasteiger partial charge is 0.368 e. The van der Waals surface area contributed by atoms with Gasteiger partial charge in [-0.05, 0) is 59.4 Å². The van der Waals surface area contributed by atoms with Crippen molar-refractivity contribution in [2.75, 3.05) is 6.61 Å². The Labute approximate surface area is 204 Å². The van der Waals surface area contributed by atoms with Gasteiger partial charge in [-0.15, -0.1) is 0 Å². The van der Waals surface area contributed by atoms with E-state index < -0.39 is 5.97 Å². The molecular formula is C25H19ClINO4. The van der Waals surface area contributed by atoms with Crippen molar-refractivity contribution in [1.82, 2.24) is 0 Å². The van der Waals surface area contributed by atoms with E-state index in [1.54, 1.807) is 6.08 Å². The summed E-state index contributed by atoms with van der Waals surface area (Å²) in [4.78, 5) is 17.3. The first-order chi connectivity index (χ1) is 15.6. The average molecular weight is 560 g/mol. The van der Waals surface area contributed by atoms with Crippen LogP contribution in [0.5, 0.6) is 11.5 Å². The van der Waals surface area contributed by atoms with Gasteiger partial charge in [-0.25, -0.2) is 4.79 Å². The number of hydrogen-bond acceptors (Lipinski definition) is 5. The van der Waals surface area contributed by atoms with E-state index in [0.717, 1.165) is 20.3 Å². The number of rotatable bonds is 7. The topological polar surface area (TPSA) is 57.1 Å². The Kier molecular flexibility index (Phi) is 7.12. The molecule has 1 aliphatic rings. The minimum absolute atomic E-state index is 0.313. The largest absolute Gasteiger partial charge is 0.490 e. The molecule has 5 nitrogen and oxygen atoms in total. The minimum atomic E-state index is -0.490. The van der Waals surface area contributed by atoms with Gasteiger partial charge in [0.25, 0.3) is 0 Å². The molecule has 32 heavy (non-hydrogen) atoms. The zero-order chi connectivity index (χ0) is 22.5. The Morgan fingerprint density at radius 2 is 1.81 bits per heavy atom. The van der Waals surface area contributed by atoms with Crippen molar-refractivity contribution in [1.29, 1.82) is 0 Å². The van der Waals surface area contributed by atoms with Gasteiger partial charge in [0.15, 0.2) is 11.5 Å². The SMILES string of the molecule is CCOc1cc(/C=C2\C(=O)ON=C2c2ccccc2)cc(I)c1OCc1ccccc1Cl. The van der Waals surface area contributed by atoms with Gasteiger partial charge in [-0.2, -0.15) is 0 Å². The molecule has 0 aliphatic carbocycles. The van der Waals surface area contributed by atoms with Crippen LogP contribution in [0.3, 0.4) is 0 Å². The van der Waals surface area contributed by atoms with Crippen LogP contribution < -0.4 is 9.47 Å². The van der Waals surface area contributed by atoms with E-state index in [2.05, 4.69) is 27.7 Å². The molecule has 1 aliphatic heterocycles. The highest BCUT2D eigenvalue weighted by Crippen LogP contribution is 2.36. The van der Waals surface area contributed by atoms with Crippen LogP contribution in [0, 0.1) is 3.57 Å². The van der Waals surface area contributed by atoms with Crippen molar-refractivity contribution in [2.24, 2.45) is 5.16 Å². The van der Waals surface area contributed by atoms with Crippen LogP contribution in [0.2, 0.25) is 5.02 Å². The van der Waals surface area contributed by atoms with Gasteiger partial charge in [-0.3, -0.25) is 0 Å². The maximum absolute atomic E-state index is 12.3. The van der Waals surface area contributed by atoms with Crippen molar-refractivity contribution in [2.45, 2.75) is 13.5 Å². The summed E-state index contributed by atoms with van der Waals surface area (Å²) in [5.74, 6) is 0.721. The summed E-state index contributed by atoms with van der Waals surface area (Å²) >= 11 is 8.45. The first kappa shape index (κ1) is 22.4. The quantitative estimate of drug-likeness (QED) is 0.195. The third kappa shape index (κ3) is 4.97. The number of carbonyl (C=O) groups excluding carboxylic acids is 1. The summed E-state index contributed by atoms with van der Waals surface area (Å²) in [6, 6.07) is 20.8. The molecule has 162 valence electrons. The zero-order valence-electron chi connectivity index (χ0n) is 17.2. The number of oxime groups is 1. The van der Waals surface area contributed by atoms with Gasteiger partial charge in [0, 0.05) is 16.1 Å². The molecule has 1 heterocycles. The summed E-state index contributed by atoms with van der Waals surface area (Å²) in [6.45, 7) is 2.69. The summed E-state index contributed by atoms with van der Waals surface area (Å²) in [7, 11) is 0. The van der Waals surface area contributed by atoms with Crippen LogP contribution in [0.1, 0.15) is 23.6 Å². The van der Waals surface area contributed by atoms with Crippen LogP contribution in [-0.2, 0) is 16.2 Å². The third-order valence-electron chi connectivity index (χ3n) is 4.71. The van der Waals surface area contributed by atoms with Crippen LogP contribution in [0.4, 0.5) is 0 Å². The fraction of sp³-hybridized carbons (Fsp3) is 0.120. The number of carbonyl (C=O) groups is 1.